The molecule has 0 aromatic heterocycles. The van der Waals surface area contributed by atoms with Crippen LogP contribution < -0.4 is 30.4 Å². The predicted molar refractivity (Wildman–Crippen MR) is 130 cm³/mol. The van der Waals surface area contributed by atoms with E-state index in [-0.39, 0.29) is 5.91 Å². The first-order valence-corrected chi connectivity index (χ1v) is 10.9. The summed E-state index contributed by atoms with van der Waals surface area (Å²) in [6.45, 7) is 0.583. The SMILES string of the molecule is COc1ccc(CCNC(=S)NNC(=O)C2c3ccccc3Oc3ccccc32)cc1OC. The van der Waals surface area contributed by atoms with Crippen molar-refractivity contribution in [1.82, 2.24) is 16.2 Å². The quantitative estimate of drug-likeness (QED) is 0.380. The number of nitrogens with one attached hydrogen (secondary N) is 3. The molecule has 8 heteroatoms. The van der Waals surface area contributed by atoms with E-state index in [1.165, 1.54) is 0 Å². The minimum atomic E-state index is -0.506. The van der Waals surface area contributed by atoms with Gasteiger partial charge in [0.1, 0.15) is 11.5 Å². The van der Waals surface area contributed by atoms with E-state index in [1.54, 1.807) is 14.2 Å². The topological polar surface area (TPSA) is 80.9 Å². The molecule has 0 fully saturated rings. The van der Waals surface area contributed by atoms with Gasteiger partial charge in [-0.3, -0.25) is 15.6 Å². The molecule has 0 saturated carbocycles. The fourth-order valence-corrected chi connectivity index (χ4v) is 3.94. The Morgan fingerprint density at radius 3 is 2.18 bits per heavy atom. The second-order valence-electron chi connectivity index (χ2n) is 7.42. The van der Waals surface area contributed by atoms with E-state index in [4.69, 9.17) is 26.4 Å². The Morgan fingerprint density at radius 2 is 1.55 bits per heavy atom. The van der Waals surface area contributed by atoms with Gasteiger partial charge in [-0.05, 0) is 48.5 Å². The number of methoxy groups -OCH3 is 2. The number of fused-ring (bicyclic) bond motifs is 2. The maximum absolute atomic E-state index is 13.1. The normalized spacial score (nSPS) is 11.9. The molecule has 3 aromatic rings. The Morgan fingerprint density at radius 1 is 0.909 bits per heavy atom. The summed E-state index contributed by atoms with van der Waals surface area (Å²) in [5, 5.41) is 3.43. The van der Waals surface area contributed by atoms with E-state index in [2.05, 4.69) is 16.2 Å². The molecule has 7 nitrogen and oxygen atoms in total. The molecule has 170 valence electrons. The van der Waals surface area contributed by atoms with Crippen molar-refractivity contribution in [1.29, 1.82) is 0 Å². The smallest absolute Gasteiger partial charge is 0.250 e. The van der Waals surface area contributed by atoms with Crippen LogP contribution in [0.2, 0.25) is 0 Å². The van der Waals surface area contributed by atoms with Crippen LogP contribution in [0.15, 0.2) is 66.7 Å². The van der Waals surface area contributed by atoms with E-state index in [0.29, 0.717) is 34.7 Å². The summed E-state index contributed by atoms with van der Waals surface area (Å²) in [6.07, 6.45) is 0.719. The molecule has 1 heterocycles. The van der Waals surface area contributed by atoms with Gasteiger partial charge in [0.25, 0.3) is 5.91 Å². The Labute approximate surface area is 198 Å². The van der Waals surface area contributed by atoms with Gasteiger partial charge in [0.2, 0.25) is 0 Å². The maximum Gasteiger partial charge on any atom is 0.250 e. The number of amides is 1. The zero-order valence-corrected chi connectivity index (χ0v) is 19.2. The molecule has 1 aliphatic rings. The number of rotatable bonds is 6. The first-order valence-electron chi connectivity index (χ1n) is 10.5. The van der Waals surface area contributed by atoms with Crippen molar-refractivity contribution in [2.45, 2.75) is 12.3 Å². The Balaban J connectivity index is 1.34. The molecule has 1 aliphatic heterocycles. The lowest BCUT2D eigenvalue weighted by Gasteiger charge is -2.27. The predicted octanol–water partition coefficient (Wildman–Crippen LogP) is 3.68. The molecule has 0 unspecified atom stereocenters. The van der Waals surface area contributed by atoms with Crippen LogP contribution in [0.3, 0.4) is 0 Å². The van der Waals surface area contributed by atoms with Crippen LogP contribution in [0.5, 0.6) is 23.0 Å². The number of carbonyl (C=O) groups excluding carboxylic acids is 1. The highest BCUT2D eigenvalue weighted by Crippen LogP contribution is 2.43. The van der Waals surface area contributed by atoms with Crippen LogP contribution in [0.1, 0.15) is 22.6 Å². The van der Waals surface area contributed by atoms with Gasteiger partial charge in [-0.1, -0.05) is 42.5 Å². The number of carbonyl (C=O) groups is 1. The van der Waals surface area contributed by atoms with Gasteiger partial charge in [0.15, 0.2) is 16.6 Å². The largest absolute Gasteiger partial charge is 0.493 e. The summed E-state index contributed by atoms with van der Waals surface area (Å²) in [7, 11) is 3.21. The molecular formula is C25H25N3O4S. The molecule has 0 radical (unpaired) electrons. The molecule has 3 N–H and O–H groups in total. The fourth-order valence-electron chi connectivity index (χ4n) is 3.78. The number of para-hydroxylation sites is 2. The zero-order chi connectivity index (χ0) is 23.2. The average molecular weight is 464 g/mol. The number of hydrogen-bond donors (Lipinski definition) is 3. The van der Waals surface area contributed by atoms with E-state index in [0.717, 1.165) is 23.1 Å². The summed E-state index contributed by atoms with van der Waals surface area (Å²) < 4.78 is 16.6. The lowest BCUT2D eigenvalue weighted by atomic mass is 9.87. The fraction of sp³-hybridized carbons (Fsp3) is 0.200. The van der Waals surface area contributed by atoms with Crippen molar-refractivity contribution < 1.29 is 19.0 Å². The van der Waals surface area contributed by atoms with Gasteiger partial charge in [-0.25, -0.2) is 0 Å². The monoisotopic (exact) mass is 463 g/mol. The van der Waals surface area contributed by atoms with Gasteiger partial charge >= 0.3 is 0 Å². The molecule has 0 aliphatic carbocycles. The molecule has 0 bridgehead atoms. The average Bonchev–Trinajstić information content (AvgIpc) is 2.85. The van der Waals surface area contributed by atoms with Crippen LogP contribution >= 0.6 is 12.2 Å². The first kappa shape index (κ1) is 22.4. The van der Waals surface area contributed by atoms with Gasteiger partial charge in [0, 0.05) is 17.7 Å². The van der Waals surface area contributed by atoms with Crippen molar-refractivity contribution in [3.8, 4) is 23.0 Å². The summed E-state index contributed by atoms with van der Waals surface area (Å²) in [6, 6.07) is 20.8. The van der Waals surface area contributed by atoms with Gasteiger partial charge in [-0.2, -0.15) is 0 Å². The number of benzene rings is 3. The van der Waals surface area contributed by atoms with Crippen LogP contribution in [0.4, 0.5) is 0 Å². The van der Waals surface area contributed by atoms with E-state index in [1.807, 2.05) is 66.7 Å². The van der Waals surface area contributed by atoms with E-state index < -0.39 is 5.92 Å². The van der Waals surface area contributed by atoms with Crippen molar-refractivity contribution in [2.24, 2.45) is 0 Å². The number of thiocarbonyl (C=S) groups is 1. The summed E-state index contributed by atoms with van der Waals surface area (Å²) in [5.41, 5.74) is 8.22. The molecule has 1 amide bonds. The summed E-state index contributed by atoms with van der Waals surface area (Å²) in [4.78, 5) is 13.1. The standard InChI is InChI=1S/C25H25N3O4S/c1-30-21-12-11-16(15-22(21)31-2)13-14-26-25(33)28-27-24(29)23-17-7-3-5-9-19(17)32-20-10-6-4-8-18(20)23/h3-12,15,23H,13-14H2,1-2H3,(H,27,29)(H2,26,28,33). The molecule has 0 spiro atoms. The Kier molecular flexibility index (Phi) is 6.95. The zero-order valence-electron chi connectivity index (χ0n) is 18.4. The molecule has 0 atom stereocenters. The third-order valence-electron chi connectivity index (χ3n) is 5.39. The van der Waals surface area contributed by atoms with Crippen molar-refractivity contribution in [3.63, 3.8) is 0 Å². The Bertz CT molecular complexity index is 1120. The van der Waals surface area contributed by atoms with Gasteiger partial charge in [0.05, 0.1) is 20.1 Å². The van der Waals surface area contributed by atoms with Gasteiger partial charge in [-0.15, -0.1) is 0 Å². The third-order valence-corrected chi connectivity index (χ3v) is 5.63. The first-order chi connectivity index (χ1) is 16.1. The number of hydrogen-bond acceptors (Lipinski definition) is 5. The maximum atomic E-state index is 13.1. The minimum Gasteiger partial charge on any atom is -0.493 e. The van der Waals surface area contributed by atoms with Crippen molar-refractivity contribution in [3.05, 3.63) is 83.4 Å². The van der Waals surface area contributed by atoms with Gasteiger partial charge < -0.3 is 19.5 Å². The second-order valence-corrected chi connectivity index (χ2v) is 7.83. The molecule has 0 saturated heterocycles. The summed E-state index contributed by atoms with van der Waals surface area (Å²) in [5.74, 6) is 1.99. The third kappa shape index (κ3) is 5.01. The highest BCUT2D eigenvalue weighted by atomic mass is 32.1. The summed E-state index contributed by atoms with van der Waals surface area (Å²) >= 11 is 5.33. The van der Waals surface area contributed by atoms with Crippen LogP contribution in [0.25, 0.3) is 0 Å². The highest BCUT2D eigenvalue weighted by Gasteiger charge is 2.32. The van der Waals surface area contributed by atoms with Crippen molar-refractivity contribution >= 4 is 23.2 Å². The molecule has 33 heavy (non-hydrogen) atoms. The minimum absolute atomic E-state index is 0.220. The van der Waals surface area contributed by atoms with E-state index >= 15 is 0 Å². The number of ether oxygens (including phenoxy) is 3. The molecule has 3 aromatic carbocycles. The van der Waals surface area contributed by atoms with Crippen LogP contribution in [0, 0.1) is 0 Å². The molecule has 4 rings (SSSR count). The van der Waals surface area contributed by atoms with E-state index in [9.17, 15) is 4.79 Å². The lowest BCUT2D eigenvalue weighted by molar-refractivity contribution is -0.122. The lowest BCUT2D eigenvalue weighted by Crippen LogP contribution is -2.49. The highest BCUT2D eigenvalue weighted by molar-refractivity contribution is 7.80. The second kappa shape index (κ2) is 10.2. The van der Waals surface area contributed by atoms with Crippen LogP contribution in [-0.4, -0.2) is 31.8 Å². The van der Waals surface area contributed by atoms with Crippen molar-refractivity contribution in [2.75, 3.05) is 20.8 Å². The number of hydrazine groups is 1. The van der Waals surface area contributed by atoms with Crippen LogP contribution in [-0.2, 0) is 11.2 Å². The molecular weight excluding hydrogens is 438 g/mol. The Hall–Kier alpha value is -3.78.